The summed E-state index contributed by atoms with van der Waals surface area (Å²) in [7, 11) is -3.81. The molecule has 0 bridgehead atoms. The van der Waals surface area contributed by atoms with Gasteiger partial charge in [-0.1, -0.05) is 15.9 Å². The van der Waals surface area contributed by atoms with Crippen molar-refractivity contribution in [3.05, 3.63) is 28.2 Å². The zero-order valence-electron chi connectivity index (χ0n) is 9.27. The molecule has 17 heavy (non-hydrogen) atoms. The molecule has 94 valence electrons. The van der Waals surface area contributed by atoms with Crippen LogP contribution < -0.4 is 4.72 Å². The SMILES string of the molecule is Cc1cc(Br)cc(S(=O)(=O)NC(C)C(=O)O)c1. The summed E-state index contributed by atoms with van der Waals surface area (Å²) in [5.41, 5.74) is 0.766. The molecule has 1 unspecified atom stereocenters. The number of aliphatic carboxylic acids is 1. The number of hydrogen-bond donors (Lipinski definition) is 2. The minimum absolute atomic E-state index is 0.0393. The normalized spacial score (nSPS) is 13.4. The van der Waals surface area contributed by atoms with E-state index in [0.717, 1.165) is 5.56 Å². The van der Waals surface area contributed by atoms with Crippen LogP contribution in [0, 0.1) is 6.92 Å². The summed E-state index contributed by atoms with van der Waals surface area (Å²) in [6, 6.07) is 3.49. The van der Waals surface area contributed by atoms with Gasteiger partial charge in [-0.05, 0) is 37.6 Å². The first kappa shape index (κ1) is 14.1. The van der Waals surface area contributed by atoms with Crippen molar-refractivity contribution in [2.24, 2.45) is 0 Å². The lowest BCUT2D eigenvalue weighted by molar-refractivity contribution is -0.138. The Morgan fingerprint density at radius 3 is 2.47 bits per heavy atom. The van der Waals surface area contributed by atoms with Crippen molar-refractivity contribution in [2.45, 2.75) is 24.8 Å². The summed E-state index contributed by atoms with van der Waals surface area (Å²) in [5, 5.41) is 8.67. The van der Waals surface area contributed by atoms with Gasteiger partial charge in [-0.3, -0.25) is 4.79 Å². The maximum absolute atomic E-state index is 11.9. The first-order valence-corrected chi connectivity index (χ1v) is 7.02. The fourth-order valence-electron chi connectivity index (χ4n) is 1.21. The molecule has 1 rings (SSSR count). The van der Waals surface area contributed by atoms with Gasteiger partial charge in [0.25, 0.3) is 0 Å². The molecule has 0 fully saturated rings. The summed E-state index contributed by atoms with van der Waals surface area (Å²) in [6.07, 6.45) is 0. The van der Waals surface area contributed by atoms with Crippen molar-refractivity contribution in [3.63, 3.8) is 0 Å². The number of nitrogens with one attached hydrogen (secondary N) is 1. The molecule has 0 aliphatic heterocycles. The first-order valence-electron chi connectivity index (χ1n) is 4.75. The van der Waals surface area contributed by atoms with Crippen molar-refractivity contribution in [1.29, 1.82) is 0 Å². The fraction of sp³-hybridized carbons (Fsp3) is 0.300. The summed E-state index contributed by atoms with van der Waals surface area (Å²) in [6.45, 7) is 3.02. The van der Waals surface area contributed by atoms with Crippen molar-refractivity contribution < 1.29 is 18.3 Å². The molecule has 0 saturated heterocycles. The van der Waals surface area contributed by atoms with Crippen LogP contribution in [0.5, 0.6) is 0 Å². The Morgan fingerprint density at radius 1 is 1.41 bits per heavy atom. The van der Waals surface area contributed by atoms with Gasteiger partial charge in [-0.2, -0.15) is 4.72 Å². The minimum Gasteiger partial charge on any atom is -0.480 e. The number of rotatable bonds is 4. The number of carboxylic acids is 1. The Bertz CT molecular complexity index is 521. The molecular weight excluding hydrogens is 310 g/mol. The second kappa shape index (κ2) is 5.16. The predicted octanol–water partition coefficient (Wildman–Crippen LogP) is 1.51. The van der Waals surface area contributed by atoms with E-state index in [1.165, 1.54) is 19.1 Å². The molecule has 5 nitrogen and oxygen atoms in total. The molecule has 0 radical (unpaired) electrons. The van der Waals surface area contributed by atoms with Crippen LogP contribution in [-0.2, 0) is 14.8 Å². The van der Waals surface area contributed by atoms with Gasteiger partial charge >= 0.3 is 5.97 Å². The molecule has 0 amide bonds. The molecule has 1 aromatic rings. The smallest absolute Gasteiger partial charge is 0.321 e. The van der Waals surface area contributed by atoms with E-state index in [0.29, 0.717) is 4.47 Å². The third-order valence-electron chi connectivity index (χ3n) is 2.03. The van der Waals surface area contributed by atoms with Crippen molar-refractivity contribution in [1.82, 2.24) is 4.72 Å². The number of benzene rings is 1. The standard InChI is InChI=1S/C10H12BrNO4S/c1-6-3-8(11)5-9(4-6)17(15,16)12-7(2)10(13)14/h3-5,7,12H,1-2H3,(H,13,14). The van der Waals surface area contributed by atoms with E-state index in [-0.39, 0.29) is 4.90 Å². The van der Waals surface area contributed by atoms with E-state index in [2.05, 4.69) is 20.7 Å². The number of hydrogen-bond acceptors (Lipinski definition) is 3. The highest BCUT2D eigenvalue weighted by Gasteiger charge is 2.21. The van der Waals surface area contributed by atoms with Crippen LogP contribution in [0.4, 0.5) is 0 Å². The number of carboxylic acid groups (broad SMARTS) is 1. The average molecular weight is 322 g/mol. The van der Waals surface area contributed by atoms with Crippen molar-refractivity contribution in [2.75, 3.05) is 0 Å². The Hall–Kier alpha value is -0.920. The third-order valence-corrected chi connectivity index (χ3v) is 4.01. The van der Waals surface area contributed by atoms with E-state index in [9.17, 15) is 13.2 Å². The Kier molecular flexibility index (Phi) is 4.29. The van der Waals surface area contributed by atoms with E-state index in [1.807, 2.05) is 0 Å². The quantitative estimate of drug-likeness (QED) is 0.880. The van der Waals surface area contributed by atoms with Crippen molar-refractivity contribution in [3.8, 4) is 0 Å². The lowest BCUT2D eigenvalue weighted by atomic mass is 10.2. The van der Waals surface area contributed by atoms with E-state index in [4.69, 9.17) is 5.11 Å². The van der Waals surface area contributed by atoms with Crippen LogP contribution in [0.3, 0.4) is 0 Å². The Labute approximate surface area is 108 Å². The van der Waals surface area contributed by atoms with Gasteiger partial charge in [0.15, 0.2) is 0 Å². The molecule has 7 heteroatoms. The lowest BCUT2D eigenvalue weighted by Crippen LogP contribution is -2.38. The molecule has 1 atom stereocenters. The number of halogens is 1. The van der Waals surface area contributed by atoms with Crippen LogP contribution in [0.25, 0.3) is 0 Å². The molecule has 0 spiro atoms. The van der Waals surface area contributed by atoms with Gasteiger partial charge in [0.05, 0.1) is 4.90 Å². The number of sulfonamides is 1. The largest absolute Gasteiger partial charge is 0.480 e. The summed E-state index contributed by atoms with van der Waals surface area (Å²) in [4.78, 5) is 10.6. The first-order chi connectivity index (χ1) is 7.72. The van der Waals surface area contributed by atoms with Gasteiger partial charge in [0, 0.05) is 4.47 Å². The van der Waals surface area contributed by atoms with E-state index >= 15 is 0 Å². The van der Waals surface area contributed by atoms with Crippen LogP contribution in [0.2, 0.25) is 0 Å². The molecule has 0 aromatic heterocycles. The van der Waals surface area contributed by atoms with Gasteiger partial charge < -0.3 is 5.11 Å². The average Bonchev–Trinajstić information content (AvgIpc) is 2.15. The molecule has 2 N–H and O–H groups in total. The fourth-order valence-corrected chi connectivity index (χ4v) is 3.29. The molecular formula is C10H12BrNO4S. The van der Waals surface area contributed by atoms with Gasteiger partial charge in [-0.25, -0.2) is 8.42 Å². The number of aryl methyl sites for hydroxylation is 1. The van der Waals surface area contributed by atoms with Gasteiger partial charge in [-0.15, -0.1) is 0 Å². The van der Waals surface area contributed by atoms with Crippen LogP contribution >= 0.6 is 15.9 Å². The van der Waals surface area contributed by atoms with Gasteiger partial charge in [0.1, 0.15) is 6.04 Å². The highest BCUT2D eigenvalue weighted by atomic mass is 79.9. The van der Waals surface area contributed by atoms with E-state index in [1.54, 1.807) is 13.0 Å². The highest BCUT2D eigenvalue weighted by Crippen LogP contribution is 2.19. The van der Waals surface area contributed by atoms with Crippen LogP contribution in [0.15, 0.2) is 27.6 Å². The summed E-state index contributed by atoms with van der Waals surface area (Å²) >= 11 is 3.19. The monoisotopic (exact) mass is 321 g/mol. The predicted molar refractivity (Wildman–Crippen MR) is 66.3 cm³/mol. The van der Waals surface area contributed by atoms with Crippen LogP contribution in [0.1, 0.15) is 12.5 Å². The lowest BCUT2D eigenvalue weighted by Gasteiger charge is -2.11. The topological polar surface area (TPSA) is 83.5 Å². The Balaban J connectivity index is 3.09. The Morgan fingerprint density at radius 2 is 2.00 bits per heavy atom. The van der Waals surface area contributed by atoms with E-state index < -0.39 is 22.0 Å². The second-order valence-corrected chi connectivity index (χ2v) is 6.28. The molecule has 1 aromatic carbocycles. The molecule has 0 aliphatic carbocycles. The summed E-state index contributed by atoms with van der Waals surface area (Å²) < 4.78 is 26.4. The van der Waals surface area contributed by atoms with Crippen LogP contribution in [-0.4, -0.2) is 25.5 Å². The number of carbonyl (C=O) groups is 1. The van der Waals surface area contributed by atoms with Crippen molar-refractivity contribution >= 4 is 31.9 Å². The minimum atomic E-state index is -3.81. The second-order valence-electron chi connectivity index (χ2n) is 3.65. The molecule has 0 saturated carbocycles. The maximum atomic E-state index is 11.9. The third kappa shape index (κ3) is 3.79. The molecule has 0 heterocycles. The zero-order chi connectivity index (χ0) is 13.2. The molecule has 0 aliphatic rings. The maximum Gasteiger partial charge on any atom is 0.321 e. The zero-order valence-corrected chi connectivity index (χ0v) is 11.7. The van der Waals surface area contributed by atoms with Gasteiger partial charge in [0.2, 0.25) is 10.0 Å². The highest BCUT2D eigenvalue weighted by molar-refractivity contribution is 9.10. The summed E-state index contributed by atoms with van der Waals surface area (Å²) in [5.74, 6) is -1.22.